The van der Waals surface area contributed by atoms with Crippen LogP contribution in [0.5, 0.6) is 0 Å². The summed E-state index contributed by atoms with van der Waals surface area (Å²) in [6, 6.07) is 0.383. The lowest BCUT2D eigenvalue weighted by molar-refractivity contribution is -0.167. The molecule has 0 amide bonds. The number of hydrogen-bond donors (Lipinski definition) is 1. The van der Waals surface area contributed by atoms with Crippen LogP contribution in [0, 0.1) is 5.92 Å². The minimum Gasteiger partial charge on any atom is -0.351 e. The summed E-state index contributed by atoms with van der Waals surface area (Å²) in [5.74, 6) is 0.745. The lowest BCUT2D eigenvalue weighted by Crippen LogP contribution is -2.50. The van der Waals surface area contributed by atoms with Crippen molar-refractivity contribution in [2.45, 2.75) is 58.8 Å². The first kappa shape index (κ1) is 13.9. The maximum Gasteiger partial charge on any atom is 0.172 e. The van der Waals surface area contributed by atoms with Crippen LogP contribution >= 0.6 is 0 Å². The van der Waals surface area contributed by atoms with Gasteiger partial charge in [-0.05, 0) is 45.6 Å². The van der Waals surface area contributed by atoms with E-state index in [0.717, 1.165) is 32.1 Å². The minimum atomic E-state index is -0.0631. The number of nitrogens with one attached hydrogen (secondary N) is 1. The zero-order valence-corrected chi connectivity index (χ0v) is 11.0. The SMILES string of the molecule is CCCNC(C1CCC1)C(OCC)OCC. The number of hydrogen-bond acceptors (Lipinski definition) is 3. The van der Waals surface area contributed by atoms with Crippen LogP contribution in [0.1, 0.15) is 46.5 Å². The first-order valence-electron chi connectivity index (χ1n) is 6.80. The predicted octanol–water partition coefficient (Wildman–Crippen LogP) is 2.55. The van der Waals surface area contributed by atoms with Gasteiger partial charge in [-0.15, -0.1) is 0 Å². The fourth-order valence-corrected chi connectivity index (χ4v) is 2.18. The largest absolute Gasteiger partial charge is 0.351 e. The number of rotatable bonds is 9. The van der Waals surface area contributed by atoms with Gasteiger partial charge in [0.2, 0.25) is 0 Å². The molecule has 1 aliphatic rings. The van der Waals surface area contributed by atoms with Crippen molar-refractivity contribution < 1.29 is 9.47 Å². The Bertz CT molecular complexity index is 165. The minimum absolute atomic E-state index is 0.0631. The summed E-state index contributed by atoms with van der Waals surface area (Å²) in [7, 11) is 0. The summed E-state index contributed by atoms with van der Waals surface area (Å²) in [5.41, 5.74) is 0. The van der Waals surface area contributed by atoms with Crippen molar-refractivity contribution in [3.8, 4) is 0 Å². The van der Waals surface area contributed by atoms with Gasteiger partial charge < -0.3 is 14.8 Å². The highest BCUT2D eigenvalue weighted by atomic mass is 16.7. The molecule has 1 atom stereocenters. The second-order valence-electron chi connectivity index (χ2n) is 4.45. The highest BCUT2D eigenvalue weighted by molar-refractivity contribution is 4.85. The molecular formula is C13H27NO2. The second kappa shape index (κ2) is 8.04. The summed E-state index contributed by atoms with van der Waals surface area (Å²) in [4.78, 5) is 0. The topological polar surface area (TPSA) is 30.5 Å². The van der Waals surface area contributed by atoms with E-state index in [4.69, 9.17) is 9.47 Å². The van der Waals surface area contributed by atoms with Gasteiger partial charge in [-0.3, -0.25) is 0 Å². The Labute approximate surface area is 99.9 Å². The van der Waals surface area contributed by atoms with Crippen molar-refractivity contribution in [1.29, 1.82) is 0 Å². The first-order valence-corrected chi connectivity index (χ1v) is 6.80. The van der Waals surface area contributed by atoms with Gasteiger partial charge in [0.25, 0.3) is 0 Å². The molecule has 0 aromatic heterocycles. The molecule has 1 rings (SSSR count). The van der Waals surface area contributed by atoms with Gasteiger partial charge in [0.1, 0.15) is 0 Å². The molecule has 1 saturated carbocycles. The fourth-order valence-electron chi connectivity index (χ4n) is 2.18. The monoisotopic (exact) mass is 229 g/mol. The molecule has 1 fully saturated rings. The Balaban J connectivity index is 2.47. The maximum atomic E-state index is 5.71. The number of ether oxygens (including phenoxy) is 2. The van der Waals surface area contributed by atoms with Gasteiger partial charge in [0.05, 0.1) is 6.04 Å². The van der Waals surface area contributed by atoms with Crippen molar-refractivity contribution in [1.82, 2.24) is 5.32 Å². The van der Waals surface area contributed by atoms with Crippen molar-refractivity contribution in [3.63, 3.8) is 0 Å². The quantitative estimate of drug-likeness (QED) is 0.616. The molecule has 16 heavy (non-hydrogen) atoms. The van der Waals surface area contributed by atoms with Crippen LogP contribution in [0.25, 0.3) is 0 Å². The third-order valence-electron chi connectivity index (χ3n) is 3.24. The molecule has 0 aromatic carbocycles. The Kier molecular flexibility index (Phi) is 7.01. The molecule has 0 heterocycles. The van der Waals surface area contributed by atoms with Gasteiger partial charge >= 0.3 is 0 Å². The van der Waals surface area contributed by atoms with E-state index in [1.807, 2.05) is 13.8 Å². The first-order chi connectivity index (χ1) is 7.83. The molecule has 1 aliphatic carbocycles. The van der Waals surface area contributed by atoms with E-state index in [1.165, 1.54) is 19.3 Å². The summed E-state index contributed by atoms with van der Waals surface area (Å²) in [6.45, 7) is 8.76. The van der Waals surface area contributed by atoms with E-state index < -0.39 is 0 Å². The Morgan fingerprint density at radius 1 is 1.12 bits per heavy atom. The zero-order chi connectivity index (χ0) is 11.8. The van der Waals surface area contributed by atoms with Crippen molar-refractivity contribution in [2.75, 3.05) is 19.8 Å². The zero-order valence-electron chi connectivity index (χ0n) is 11.0. The highest BCUT2D eigenvalue weighted by Gasteiger charge is 2.33. The van der Waals surface area contributed by atoms with Crippen molar-refractivity contribution in [2.24, 2.45) is 5.92 Å². The second-order valence-corrected chi connectivity index (χ2v) is 4.45. The van der Waals surface area contributed by atoms with Crippen LogP contribution < -0.4 is 5.32 Å². The average Bonchev–Trinajstić information content (AvgIpc) is 2.21. The van der Waals surface area contributed by atoms with Crippen LogP contribution in [-0.2, 0) is 9.47 Å². The summed E-state index contributed by atoms with van der Waals surface area (Å²) in [5, 5.41) is 3.59. The van der Waals surface area contributed by atoms with Crippen LogP contribution in [0.15, 0.2) is 0 Å². The standard InChI is InChI=1S/C13H27NO2/c1-4-10-14-12(11-8-7-9-11)13(15-5-2)16-6-3/h11-14H,4-10H2,1-3H3. The Hall–Kier alpha value is -0.120. The predicted molar refractivity (Wildman–Crippen MR) is 66.5 cm³/mol. The normalized spacial score (nSPS) is 18.8. The average molecular weight is 229 g/mol. The Morgan fingerprint density at radius 2 is 1.75 bits per heavy atom. The summed E-state index contributed by atoms with van der Waals surface area (Å²) < 4.78 is 11.4. The van der Waals surface area contributed by atoms with Crippen molar-refractivity contribution >= 4 is 0 Å². The van der Waals surface area contributed by atoms with Crippen LogP contribution in [0.3, 0.4) is 0 Å². The fraction of sp³-hybridized carbons (Fsp3) is 1.00. The summed E-state index contributed by atoms with van der Waals surface area (Å²) >= 11 is 0. The van der Waals surface area contributed by atoms with Crippen LogP contribution in [0.4, 0.5) is 0 Å². The van der Waals surface area contributed by atoms with Gasteiger partial charge in [-0.25, -0.2) is 0 Å². The molecule has 0 aromatic rings. The lowest BCUT2D eigenvalue weighted by atomic mass is 9.79. The smallest absolute Gasteiger partial charge is 0.172 e. The third-order valence-corrected chi connectivity index (χ3v) is 3.24. The van der Waals surface area contributed by atoms with E-state index in [2.05, 4.69) is 12.2 Å². The van der Waals surface area contributed by atoms with Gasteiger partial charge in [0.15, 0.2) is 6.29 Å². The van der Waals surface area contributed by atoms with Gasteiger partial charge in [0, 0.05) is 13.2 Å². The van der Waals surface area contributed by atoms with E-state index in [1.54, 1.807) is 0 Å². The van der Waals surface area contributed by atoms with Gasteiger partial charge in [-0.2, -0.15) is 0 Å². The van der Waals surface area contributed by atoms with E-state index >= 15 is 0 Å². The van der Waals surface area contributed by atoms with E-state index in [-0.39, 0.29) is 6.29 Å². The van der Waals surface area contributed by atoms with Crippen LogP contribution in [0.2, 0.25) is 0 Å². The summed E-state index contributed by atoms with van der Waals surface area (Å²) in [6.07, 6.45) is 5.09. The highest BCUT2D eigenvalue weighted by Crippen LogP contribution is 2.32. The third kappa shape index (κ3) is 4.04. The molecule has 0 aliphatic heterocycles. The molecule has 3 nitrogen and oxygen atoms in total. The molecule has 0 spiro atoms. The molecule has 1 N–H and O–H groups in total. The van der Waals surface area contributed by atoms with Gasteiger partial charge in [-0.1, -0.05) is 13.3 Å². The molecule has 0 saturated heterocycles. The lowest BCUT2D eigenvalue weighted by Gasteiger charge is -2.38. The Morgan fingerprint density at radius 3 is 2.12 bits per heavy atom. The molecule has 3 heteroatoms. The van der Waals surface area contributed by atoms with E-state index in [0.29, 0.717) is 6.04 Å². The molecule has 0 radical (unpaired) electrons. The molecule has 96 valence electrons. The molecule has 1 unspecified atom stereocenters. The van der Waals surface area contributed by atoms with Crippen LogP contribution in [-0.4, -0.2) is 32.1 Å². The van der Waals surface area contributed by atoms with Crippen molar-refractivity contribution in [3.05, 3.63) is 0 Å². The molecule has 0 bridgehead atoms. The maximum absolute atomic E-state index is 5.71. The molecular weight excluding hydrogens is 202 g/mol. The van der Waals surface area contributed by atoms with E-state index in [9.17, 15) is 0 Å².